The Kier molecular flexibility index (Phi) is 6.21. The molecule has 2 fully saturated rings. The monoisotopic (exact) mass is 486 g/mol. The van der Waals surface area contributed by atoms with E-state index in [1.165, 1.54) is 19.3 Å². The van der Waals surface area contributed by atoms with Crippen LogP contribution in [0.5, 0.6) is 0 Å². The first-order valence-electron chi connectivity index (χ1n) is 13.3. The average molecular weight is 487 g/mol. The number of tetrazole rings is 1. The van der Waals surface area contributed by atoms with E-state index in [1.54, 1.807) is 6.26 Å². The van der Waals surface area contributed by atoms with Crippen LogP contribution < -0.4 is 5.56 Å². The maximum atomic E-state index is 13.3. The largest absolute Gasteiger partial charge is 0.468 e. The van der Waals surface area contributed by atoms with Crippen LogP contribution in [0.3, 0.4) is 0 Å². The van der Waals surface area contributed by atoms with Crippen LogP contribution in [0.4, 0.5) is 0 Å². The van der Waals surface area contributed by atoms with E-state index in [2.05, 4.69) is 36.2 Å². The van der Waals surface area contributed by atoms with Crippen molar-refractivity contribution in [2.75, 3.05) is 0 Å². The fraction of sp³-hybridized carbons (Fsp3) is 0.500. The topological polar surface area (TPSA) is 92.8 Å². The number of aryl methyl sites for hydroxylation is 1. The van der Waals surface area contributed by atoms with E-state index in [9.17, 15) is 4.79 Å². The molecule has 188 valence electrons. The van der Waals surface area contributed by atoms with Crippen molar-refractivity contribution in [2.24, 2.45) is 0 Å². The number of nitrogens with zero attached hydrogens (tertiary/aromatic N) is 5. The minimum absolute atomic E-state index is 0.0393. The molecule has 0 radical (unpaired) electrons. The molecule has 0 amide bonds. The van der Waals surface area contributed by atoms with E-state index < -0.39 is 0 Å². The number of benzene rings is 1. The average Bonchev–Trinajstić information content (AvgIpc) is 3.68. The van der Waals surface area contributed by atoms with Gasteiger partial charge in [-0.25, -0.2) is 4.68 Å². The second-order valence-electron chi connectivity index (χ2n) is 10.6. The number of furan rings is 1. The molecule has 0 unspecified atom stereocenters. The van der Waals surface area contributed by atoms with E-state index in [0.717, 1.165) is 72.1 Å². The number of pyridine rings is 1. The Labute approximate surface area is 210 Å². The van der Waals surface area contributed by atoms with Gasteiger partial charge in [-0.3, -0.25) is 9.69 Å². The van der Waals surface area contributed by atoms with Crippen molar-refractivity contribution in [1.29, 1.82) is 0 Å². The highest BCUT2D eigenvalue weighted by Gasteiger charge is 2.45. The van der Waals surface area contributed by atoms with Gasteiger partial charge in [-0.15, -0.1) is 5.10 Å². The van der Waals surface area contributed by atoms with E-state index in [0.29, 0.717) is 19.1 Å². The first-order valence-corrected chi connectivity index (χ1v) is 13.3. The molecule has 8 nitrogen and oxygen atoms in total. The number of hydrogen-bond donors (Lipinski definition) is 1. The summed E-state index contributed by atoms with van der Waals surface area (Å²) >= 11 is 0. The number of fused-ring (bicyclic) bond motifs is 1. The summed E-state index contributed by atoms with van der Waals surface area (Å²) in [4.78, 5) is 18.9. The summed E-state index contributed by atoms with van der Waals surface area (Å²) in [6.07, 6.45) is 11.8. The molecule has 0 aliphatic heterocycles. The smallest absolute Gasteiger partial charge is 0.252 e. The molecule has 1 aromatic carbocycles. The van der Waals surface area contributed by atoms with Gasteiger partial charge in [0.1, 0.15) is 5.76 Å². The van der Waals surface area contributed by atoms with Crippen LogP contribution in [0, 0.1) is 6.92 Å². The molecule has 6 rings (SSSR count). The lowest BCUT2D eigenvalue weighted by Crippen LogP contribution is -2.49. The lowest BCUT2D eigenvalue weighted by molar-refractivity contribution is 0.0133. The van der Waals surface area contributed by atoms with Crippen LogP contribution in [0.1, 0.15) is 86.5 Å². The van der Waals surface area contributed by atoms with Gasteiger partial charge in [0.15, 0.2) is 5.82 Å². The number of para-hydroxylation sites is 1. The van der Waals surface area contributed by atoms with E-state index in [4.69, 9.17) is 4.42 Å². The molecule has 2 saturated carbocycles. The van der Waals surface area contributed by atoms with Gasteiger partial charge >= 0.3 is 0 Å². The van der Waals surface area contributed by atoms with Gasteiger partial charge in [-0.05, 0) is 72.2 Å². The van der Waals surface area contributed by atoms with E-state index in [-0.39, 0.29) is 11.1 Å². The van der Waals surface area contributed by atoms with Crippen LogP contribution in [-0.4, -0.2) is 30.1 Å². The van der Waals surface area contributed by atoms with E-state index >= 15 is 0 Å². The molecule has 1 N–H and O–H groups in total. The normalized spacial score (nSPS) is 18.4. The summed E-state index contributed by atoms with van der Waals surface area (Å²) < 4.78 is 7.93. The van der Waals surface area contributed by atoms with Gasteiger partial charge in [-0.2, -0.15) is 0 Å². The summed E-state index contributed by atoms with van der Waals surface area (Å²) in [5.74, 6) is 1.83. The highest BCUT2D eigenvalue weighted by molar-refractivity contribution is 5.81. The first kappa shape index (κ1) is 23.2. The molecule has 4 aromatic rings. The maximum absolute atomic E-state index is 13.3. The highest BCUT2D eigenvalue weighted by Crippen LogP contribution is 2.44. The molecule has 3 aromatic heterocycles. The first-order chi connectivity index (χ1) is 17.6. The van der Waals surface area contributed by atoms with Crippen LogP contribution >= 0.6 is 0 Å². The Morgan fingerprint density at radius 1 is 1.08 bits per heavy atom. The lowest BCUT2D eigenvalue weighted by atomic mass is 9.78. The molecular formula is C28H34N6O2. The van der Waals surface area contributed by atoms with Gasteiger partial charge in [0.05, 0.1) is 29.9 Å². The molecule has 3 heterocycles. The summed E-state index contributed by atoms with van der Waals surface area (Å²) in [6.45, 7) is 3.12. The van der Waals surface area contributed by atoms with Crippen molar-refractivity contribution in [1.82, 2.24) is 30.1 Å². The lowest BCUT2D eigenvalue weighted by Gasteiger charge is -2.45. The number of H-pyrrole nitrogens is 1. The molecule has 0 saturated heterocycles. The third-order valence-electron chi connectivity index (χ3n) is 8.32. The zero-order valence-corrected chi connectivity index (χ0v) is 20.9. The minimum atomic E-state index is -0.356. The summed E-state index contributed by atoms with van der Waals surface area (Å²) in [5, 5.41) is 14.4. The zero-order chi connectivity index (χ0) is 24.5. The van der Waals surface area contributed by atoms with Crippen molar-refractivity contribution in [3.05, 3.63) is 75.7 Å². The van der Waals surface area contributed by atoms with Crippen LogP contribution in [-0.2, 0) is 18.6 Å². The molecule has 2 aliphatic carbocycles. The summed E-state index contributed by atoms with van der Waals surface area (Å²) in [6, 6.07) is 12.5. The molecule has 36 heavy (non-hydrogen) atoms. The quantitative estimate of drug-likeness (QED) is 0.376. The Morgan fingerprint density at radius 3 is 2.69 bits per heavy atom. The van der Waals surface area contributed by atoms with Gasteiger partial charge in [-0.1, -0.05) is 50.3 Å². The highest BCUT2D eigenvalue weighted by atomic mass is 16.3. The van der Waals surface area contributed by atoms with E-state index in [1.807, 2.05) is 37.3 Å². The van der Waals surface area contributed by atoms with Gasteiger partial charge in [0.2, 0.25) is 0 Å². The number of hydrogen-bond acceptors (Lipinski definition) is 6. The predicted octanol–water partition coefficient (Wildman–Crippen LogP) is 5.39. The predicted molar refractivity (Wildman–Crippen MR) is 137 cm³/mol. The van der Waals surface area contributed by atoms with Crippen molar-refractivity contribution < 1.29 is 4.42 Å². The van der Waals surface area contributed by atoms with Crippen molar-refractivity contribution in [3.63, 3.8) is 0 Å². The number of rotatable bonds is 7. The van der Waals surface area contributed by atoms with Crippen LogP contribution in [0.2, 0.25) is 0 Å². The minimum Gasteiger partial charge on any atom is -0.468 e. The van der Waals surface area contributed by atoms with Crippen LogP contribution in [0.25, 0.3) is 10.9 Å². The number of aromatic nitrogens is 5. The molecule has 0 atom stereocenters. The van der Waals surface area contributed by atoms with Crippen molar-refractivity contribution in [2.45, 2.75) is 89.4 Å². The molecule has 0 spiro atoms. The third kappa shape index (κ3) is 4.17. The Hall–Kier alpha value is -3.26. The Balaban J connectivity index is 1.46. The van der Waals surface area contributed by atoms with Gasteiger partial charge < -0.3 is 9.40 Å². The second-order valence-corrected chi connectivity index (χ2v) is 10.6. The Morgan fingerprint density at radius 2 is 1.92 bits per heavy atom. The van der Waals surface area contributed by atoms with Gasteiger partial charge in [0, 0.05) is 12.1 Å². The second kappa shape index (κ2) is 9.65. The molecule has 8 heteroatoms. The zero-order valence-electron chi connectivity index (χ0n) is 20.9. The summed E-state index contributed by atoms with van der Waals surface area (Å²) in [7, 11) is 0. The fourth-order valence-corrected chi connectivity index (χ4v) is 6.41. The number of nitrogens with one attached hydrogen (secondary N) is 1. The van der Waals surface area contributed by atoms with Crippen LogP contribution in [0.15, 0.2) is 51.9 Å². The van der Waals surface area contributed by atoms with Crippen molar-refractivity contribution >= 4 is 10.9 Å². The number of aromatic amines is 1. The fourth-order valence-electron chi connectivity index (χ4n) is 6.41. The summed E-state index contributed by atoms with van der Waals surface area (Å²) in [5.41, 5.74) is 2.34. The Bertz CT molecular complexity index is 1380. The van der Waals surface area contributed by atoms with Gasteiger partial charge in [0.25, 0.3) is 5.56 Å². The third-order valence-corrected chi connectivity index (χ3v) is 8.32. The SMILES string of the molecule is Cc1cccc2cc(CN(Cc3ccco3)C3(c4nnnn4C4CCCC4)CCCCC3)c(=O)[nH]c12. The molecular weight excluding hydrogens is 452 g/mol. The molecule has 2 aliphatic rings. The van der Waals surface area contributed by atoms with Crippen molar-refractivity contribution in [3.8, 4) is 0 Å². The maximum Gasteiger partial charge on any atom is 0.252 e. The molecule has 0 bridgehead atoms. The standard InChI is InChI=1S/C28H34N6O2/c1-20-9-7-10-21-17-22(26(35)29-25(20)21)18-33(19-24-13-8-16-36-24)28(14-5-2-6-15-28)27-30-31-32-34(27)23-11-3-4-12-23/h7-10,13,16-17,23H,2-6,11-12,14-15,18-19H2,1H3,(H,29,35).